The van der Waals surface area contributed by atoms with E-state index in [1.54, 1.807) is 6.07 Å². The van der Waals surface area contributed by atoms with Crippen LogP contribution in [0.1, 0.15) is 39.2 Å². The minimum absolute atomic E-state index is 0.126. The first-order chi connectivity index (χ1) is 10.4. The minimum atomic E-state index is -0.422. The third-order valence-electron chi connectivity index (χ3n) is 4.02. The Balaban J connectivity index is 2.48. The molecule has 2 aromatic rings. The molecule has 2 rings (SSSR count). The van der Waals surface area contributed by atoms with Gasteiger partial charge in [-0.25, -0.2) is 4.79 Å². The number of phenols is 1. The molecule has 22 heavy (non-hydrogen) atoms. The molecule has 1 unspecified atom stereocenters. The first kappa shape index (κ1) is 16.1. The van der Waals surface area contributed by atoms with E-state index in [1.807, 2.05) is 12.1 Å². The molecule has 116 valence electrons. The monoisotopic (exact) mass is 298 g/mol. The van der Waals surface area contributed by atoms with Crippen LogP contribution < -0.4 is 5.63 Å². The smallest absolute Gasteiger partial charge is 0.336 e. The minimum Gasteiger partial charge on any atom is -0.507 e. The van der Waals surface area contributed by atoms with E-state index >= 15 is 0 Å². The van der Waals surface area contributed by atoms with Gasteiger partial charge in [0.15, 0.2) is 0 Å². The first-order valence-electron chi connectivity index (χ1n) is 7.40. The lowest BCUT2D eigenvalue weighted by molar-refractivity contribution is 0.440. The molecule has 0 aliphatic rings. The third-order valence-corrected chi connectivity index (χ3v) is 4.02. The lowest BCUT2D eigenvalue weighted by Gasteiger charge is -2.27. The second-order valence-electron chi connectivity index (χ2n) is 6.10. The van der Waals surface area contributed by atoms with Crippen molar-refractivity contribution < 1.29 is 9.52 Å². The van der Waals surface area contributed by atoms with Crippen LogP contribution in [0.2, 0.25) is 0 Å². The molecule has 1 atom stereocenters. The largest absolute Gasteiger partial charge is 0.507 e. The van der Waals surface area contributed by atoms with E-state index in [0.29, 0.717) is 5.58 Å². The van der Waals surface area contributed by atoms with Gasteiger partial charge in [0.25, 0.3) is 0 Å². The summed E-state index contributed by atoms with van der Waals surface area (Å²) in [7, 11) is 0. The van der Waals surface area contributed by atoms with Gasteiger partial charge < -0.3 is 9.52 Å². The summed E-state index contributed by atoms with van der Waals surface area (Å²) < 4.78 is 5.11. The Hall–Kier alpha value is -2.29. The van der Waals surface area contributed by atoms with Crippen LogP contribution in [0.3, 0.4) is 0 Å². The molecule has 3 heteroatoms. The third kappa shape index (κ3) is 3.30. The molecular weight excluding hydrogens is 276 g/mol. The number of aromatic hydroxyl groups is 1. The van der Waals surface area contributed by atoms with Crippen molar-refractivity contribution in [2.45, 2.75) is 39.0 Å². The Morgan fingerprint density at radius 3 is 2.73 bits per heavy atom. The maximum Gasteiger partial charge on any atom is 0.336 e. The predicted octanol–water partition coefficient (Wildman–Crippen LogP) is 4.69. The van der Waals surface area contributed by atoms with Gasteiger partial charge in [-0.05, 0) is 38.8 Å². The Morgan fingerprint density at radius 1 is 1.36 bits per heavy atom. The molecule has 0 saturated carbocycles. The average Bonchev–Trinajstić information content (AvgIpc) is 2.45. The molecule has 0 saturated heterocycles. The Morgan fingerprint density at radius 2 is 2.09 bits per heavy atom. The summed E-state index contributed by atoms with van der Waals surface area (Å²) in [5.41, 5.74) is 1.70. The number of hydrogen-bond acceptors (Lipinski definition) is 3. The molecule has 1 heterocycles. The summed E-state index contributed by atoms with van der Waals surface area (Å²) in [6.07, 6.45) is 5.80. The summed E-state index contributed by atoms with van der Waals surface area (Å²) in [6, 6.07) is 6.48. The summed E-state index contributed by atoms with van der Waals surface area (Å²) in [6.45, 7) is 10.1. The summed E-state index contributed by atoms with van der Waals surface area (Å²) in [5.74, 6) is 0.126. The fraction of sp³-hybridized carbons (Fsp3) is 0.316. The lowest BCUT2D eigenvalue weighted by Crippen LogP contribution is -2.18. The van der Waals surface area contributed by atoms with Gasteiger partial charge >= 0.3 is 5.63 Å². The standard InChI is InChI=1S/C19H22O3/c1-5-19(4,10-6-7-13(2)3)15-11-14-8-9-18(21)22-17(14)12-16(15)20/h5,7-9,11-12,20H,1,6,10H2,2-4H3. The van der Waals surface area contributed by atoms with Crippen molar-refractivity contribution in [1.82, 2.24) is 0 Å². The molecule has 0 bridgehead atoms. The van der Waals surface area contributed by atoms with Crippen molar-refractivity contribution in [3.05, 3.63) is 64.6 Å². The van der Waals surface area contributed by atoms with Gasteiger partial charge in [0, 0.05) is 28.5 Å². The highest BCUT2D eigenvalue weighted by Crippen LogP contribution is 2.38. The predicted molar refractivity (Wildman–Crippen MR) is 90.4 cm³/mol. The van der Waals surface area contributed by atoms with E-state index in [-0.39, 0.29) is 11.2 Å². The van der Waals surface area contributed by atoms with Crippen LogP contribution >= 0.6 is 0 Å². The SMILES string of the molecule is C=CC(C)(CCC=C(C)C)c1cc2ccc(=O)oc2cc1O. The van der Waals surface area contributed by atoms with E-state index in [4.69, 9.17) is 4.42 Å². The molecule has 0 aliphatic heterocycles. The van der Waals surface area contributed by atoms with E-state index < -0.39 is 5.63 Å². The van der Waals surface area contributed by atoms with E-state index in [0.717, 1.165) is 23.8 Å². The Kier molecular flexibility index (Phi) is 4.55. The molecule has 0 fully saturated rings. The highest BCUT2D eigenvalue weighted by molar-refractivity contribution is 5.80. The van der Waals surface area contributed by atoms with Crippen molar-refractivity contribution in [3.8, 4) is 5.75 Å². The van der Waals surface area contributed by atoms with Gasteiger partial charge in [-0.2, -0.15) is 0 Å². The second-order valence-corrected chi connectivity index (χ2v) is 6.10. The molecule has 1 aromatic carbocycles. The normalized spacial score (nSPS) is 13.6. The second kappa shape index (κ2) is 6.22. The zero-order valence-corrected chi connectivity index (χ0v) is 13.3. The number of allylic oxidation sites excluding steroid dienone is 3. The highest BCUT2D eigenvalue weighted by atomic mass is 16.4. The van der Waals surface area contributed by atoms with Gasteiger partial charge in [-0.15, -0.1) is 6.58 Å². The Labute approximate surface area is 130 Å². The summed E-state index contributed by atoms with van der Waals surface area (Å²) in [4.78, 5) is 11.3. The van der Waals surface area contributed by atoms with Crippen LogP contribution in [0.5, 0.6) is 5.75 Å². The van der Waals surface area contributed by atoms with Crippen LogP contribution in [-0.2, 0) is 5.41 Å². The first-order valence-corrected chi connectivity index (χ1v) is 7.40. The van der Waals surface area contributed by atoms with Crippen LogP contribution in [0.4, 0.5) is 0 Å². The van der Waals surface area contributed by atoms with Gasteiger partial charge in [0.2, 0.25) is 0 Å². The summed E-state index contributed by atoms with van der Waals surface area (Å²) in [5, 5.41) is 11.1. The van der Waals surface area contributed by atoms with Crippen molar-refractivity contribution in [3.63, 3.8) is 0 Å². The number of phenolic OH excluding ortho intramolecular Hbond substituents is 1. The fourth-order valence-electron chi connectivity index (χ4n) is 2.57. The quantitative estimate of drug-likeness (QED) is 0.643. The van der Waals surface area contributed by atoms with Crippen molar-refractivity contribution >= 4 is 11.0 Å². The average molecular weight is 298 g/mol. The molecule has 0 aliphatic carbocycles. The van der Waals surface area contributed by atoms with E-state index in [9.17, 15) is 9.90 Å². The molecule has 0 amide bonds. The maximum atomic E-state index is 11.3. The molecule has 1 aromatic heterocycles. The van der Waals surface area contributed by atoms with Crippen molar-refractivity contribution in [2.75, 3.05) is 0 Å². The fourth-order valence-corrected chi connectivity index (χ4v) is 2.57. The van der Waals surface area contributed by atoms with E-state index in [2.05, 4.69) is 33.4 Å². The number of benzene rings is 1. The molecule has 0 radical (unpaired) electrons. The lowest BCUT2D eigenvalue weighted by atomic mass is 9.77. The zero-order valence-electron chi connectivity index (χ0n) is 13.3. The van der Waals surface area contributed by atoms with E-state index in [1.165, 1.54) is 17.7 Å². The molecular formula is C19H22O3. The van der Waals surface area contributed by atoms with Crippen LogP contribution in [0.15, 0.2) is 57.8 Å². The van der Waals surface area contributed by atoms with Gasteiger partial charge in [-0.1, -0.05) is 24.6 Å². The maximum absolute atomic E-state index is 11.3. The van der Waals surface area contributed by atoms with Gasteiger partial charge in [0.05, 0.1) is 0 Å². The molecule has 0 spiro atoms. The van der Waals surface area contributed by atoms with Crippen LogP contribution in [0, 0.1) is 0 Å². The van der Waals surface area contributed by atoms with Crippen molar-refractivity contribution in [2.24, 2.45) is 0 Å². The number of hydrogen-bond donors (Lipinski definition) is 1. The zero-order chi connectivity index (χ0) is 16.3. The van der Waals surface area contributed by atoms with Gasteiger partial charge in [-0.3, -0.25) is 0 Å². The number of rotatable bonds is 5. The van der Waals surface area contributed by atoms with Crippen LogP contribution in [0.25, 0.3) is 11.0 Å². The topological polar surface area (TPSA) is 50.4 Å². The van der Waals surface area contributed by atoms with Crippen LogP contribution in [-0.4, -0.2) is 5.11 Å². The number of fused-ring (bicyclic) bond motifs is 1. The molecule has 3 nitrogen and oxygen atoms in total. The van der Waals surface area contributed by atoms with Crippen molar-refractivity contribution in [1.29, 1.82) is 0 Å². The highest BCUT2D eigenvalue weighted by Gasteiger charge is 2.26. The van der Waals surface area contributed by atoms with Gasteiger partial charge in [0.1, 0.15) is 11.3 Å². The Bertz CT molecular complexity index is 779. The molecule has 1 N–H and O–H groups in total. The summed E-state index contributed by atoms with van der Waals surface area (Å²) >= 11 is 0.